The van der Waals surface area contributed by atoms with Crippen LogP contribution in [-0.2, 0) is 0 Å². The van der Waals surface area contributed by atoms with Gasteiger partial charge in [-0.3, -0.25) is 0 Å². The largest absolute Gasteiger partial charge is 0.478 e. The molecule has 0 saturated carbocycles. The monoisotopic (exact) mass is 307 g/mol. The first-order chi connectivity index (χ1) is 10.6. The van der Waals surface area contributed by atoms with Gasteiger partial charge in [0.15, 0.2) is 0 Å². The zero-order valence-electron chi connectivity index (χ0n) is 11.4. The van der Waals surface area contributed by atoms with Crippen molar-refractivity contribution in [1.82, 2.24) is 0 Å². The molecular weight excluding hydrogens is 298 g/mol. The molecular formula is C18H10ClNO2. The van der Waals surface area contributed by atoms with E-state index in [0.717, 1.165) is 16.3 Å². The van der Waals surface area contributed by atoms with E-state index in [4.69, 9.17) is 18.2 Å². The predicted molar refractivity (Wildman–Crippen MR) is 87.6 cm³/mol. The number of hydrogen-bond acceptors (Lipinski definition) is 1. The first kappa shape index (κ1) is 14.1. The molecule has 3 aromatic rings. The Hall–Kier alpha value is -2.83. The SMILES string of the molecule is [C-]#[N+]c1c(Cl)cccc1-c1cccc2ccc(C(=O)O)cc12. The van der Waals surface area contributed by atoms with Crippen LogP contribution in [0.4, 0.5) is 5.69 Å². The molecule has 0 aliphatic heterocycles. The normalized spacial score (nSPS) is 10.4. The maximum Gasteiger partial charge on any atom is 0.335 e. The standard InChI is InChI=1S/C18H10ClNO2/c1-20-17-14(6-3-7-16(17)19)13-5-2-4-11-8-9-12(18(21)22)10-15(11)13/h2-10H,(H,21,22). The molecule has 0 unspecified atom stereocenters. The molecule has 0 fully saturated rings. The lowest BCUT2D eigenvalue weighted by molar-refractivity contribution is 0.0697. The summed E-state index contributed by atoms with van der Waals surface area (Å²) < 4.78 is 0. The van der Waals surface area contributed by atoms with Crippen molar-refractivity contribution >= 4 is 34.0 Å². The molecule has 0 bridgehead atoms. The maximum atomic E-state index is 11.2. The third-order valence-electron chi connectivity index (χ3n) is 3.52. The second-order valence-electron chi connectivity index (χ2n) is 4.79. The van der Waals surface area contributed by atoms with E-state index in [1.807, 2.05) is 24.3 Å². The molecule has 0 aromatic heterocycles. The molecule has 0 aliphatic carbocycles. The Morgan fingerprint density at radius 3 is 2.50 bits per heavy atom. The van der Waals surface area contributed by atoms with Crippen LogP contribution in [0.5, 0.6) is 0 Å². The molecule has 0 heterocycles. The summed E-state index contributed by atoms with van der Waals surface area (Å²) in [5, 5.41) is 11.3. The average Bonchev–Trinajstić information content (AvgIpc) is 2.53. The van der Waals surface area contributed by atoms with E-state index in [1.165, 1.54) is 0 Å². The number of benzene rings is 3. The average molecular weight is 308 g/mol. The zero-order valence-corrected chi connectivity index (χ0v) is 12.1. The summed E-state index contributed by atoms with van der Waals surface area (Å²) in [4.78, 5) is 14.7. The van der Waals surface area contributed by atoms with Crippen molar-refractivity contribution in [1.29, 1.82) is 0 Å². The van der Waals surface area contributed by atoms with E-state index < -0.39 is 5.97 Å². The van der Waals surface area contributed by atoms with Gasteiger partial charge in [0.1, 0.15) is 0 Å². The van der Waals surface area contributed by atoms with Crippen LogP contribution in [0.25, 0.3) is 26.7 Å². The fourth-order valence-corrected chi connectivity index (χ4v) is 2.70. The highest BCUT2D eigenvalue weighted by Crippen LogP contribution is 2.39. The van der Waals surface area contributed by atoms with Crippen molar-refractivity contribution < 1.29 is 9.90 Å². The minimum atomic E-state index is -0.979. The number of aromatic carboxylic acids is 1. The van der Waals surface area contributed by atoms with Gasteiger partial charge in [-0.15, -0.1) is 0 Å². The van der Waals surface area contributed by atoms with Crippen LogP contribution in [-0.4, -0.2) is 11.1 Å². The van der Waals surface area contributed by atoms with Crippen molar-refractivity contribution in [2.24, 2.45) is 0 Å². The molecule has 3 nitrogen and oxygen atoms in total. The Kier molecular flexibility index (Phi) is 3.54. The number of rotatable bonds is 2. The van der Waals surface area contributed by atoms with Crippen LogP contribution in [0.15, 0.2) is 54.6 Å². The summed E-state index contributed by atoms with van der Waals surface area (Å²) in [6, 6.07) is 15.9. The number of nitrogens with zero attached hydrogens (tertiary/aromatic N) is 1. The van der Waals surface area contributed by atoms with E-state index >= 15 is 0 Å². The first-order valence-electron chi connectivity index (χ1n) is 6.54. The Morgan fingerprint density at radius 2 is 1.77 bits per heavy atom. The number of carbonyl (C=O) groups is 1. The summed E-state index contributed by atoms with van der Waals surface area (Å²) in [6.45, 7) is 7.34. The molecule has 4 heteroatoms. The van der Waals surface area contributed by atoms with Crippen molar-refractivity contribution in [3.63, 3.8) is 0 Å². The van der Waals surface area contributed by atoms with Gasteiger partial charge in [0.2, 0.25) is 5.69 Å². The molecule has 0 radical (unpaired) electrons. The van der Waals surface area contributed by atoms with Gasteiger partial charge in [0.05, 0.1) is 12.1 Å². The summed E-state index contributed by atoms with van der Waals surface area (Å²) in [5.74, 6) is -0.979. The van der Waals surface area contributed by atoms with Gasteiger partial charge in [-0.25, -0.2) is 9.64 Å². The Balaban J connectivity index is 2.37. The van der Waals surface area contributed by atoms with Crippen LogP contribution in [0.1, 0.15) is 10.4 Å². The van der Waals surface area contributed by atoms with Crippen molar-refractivity contribution in [2.45, 2.75) is 0 Å². The summed E-state index contributed by atoms with van der Waals surface area (Å²) in [5.41, 5.74) is 2.09. The lowest BCUT2D eigenvalue weighted by Crippen LogP contribution is -1.95. The molecule has 3 rings (SSSR count). The number of carboxylic acid groups (broad SMARTS) is 1. The Bertz CT molecular complexity index is 941. The minimum absolute atomic E-state index is 0.214. The van der Waals surface area contributed by atoms with Crippen molar-refractivity contribution in [3.8, 4) is 11.1 Å². The van der Waals surface area contributed by atoms with Crippen LogP contribution in [0.3, 0.4) is 0 Å². The van der Waals surface area contributed by atoms with Crippen LogP contribution in [0.2, 0.25) is 5.02 Å². The van der Waals surface area contributed by atoms with Gasteiger partial charge >= 0.3 is 5.97 Å². The van der Waals surface area contributed by atoms with Gasteiger partial charge in [-0.05, 0) is 34.0 Å². The van der Waals surface area contributed by atoms with Gasteiger partial charge < -0.3 is 5.11 Å². The second kappa shape index (κ2) is 5.51. The van der Waals surface area contributed by atoms with Gasteiger partial charge in [-0.1, -0.05) is 54.1 Å². The van der Waals surface area contributed by atoms with Gasteiger partial charge in [-0.2, -0.15) is 0 Å². The molecule has 0 saturated heterocycles. The molecule has 0 atom stereocenters. The highest BCUT2D eigenvalue weighted by atomic mass is 35.5. The number of carboxylic acids is 1. The van der Waals surface area contributed by atoms with E-state index in [9.17, 15) is 9.90 Å². The summed E-state index contributed by atoms with van der Waals surface area (Å²) in [7, 11) is 0. The highest BCUT2D eigenvalue weighted by Gasteiger charge is 2.13. The smallest absolute Gasteiger partial charge is 0.335 e. The van der Waals surface area contributed by atoms with Crippen LogP contribution in [0, 0.1) is 6.57 Å². The summed E-state index contributed by atoms with van der Waals surface area (Å²) in [6.07, 6.45) is 0. The second-order valence-corrected chi connectivity index (χ2v) is 5.20. The molecule has 106 valence electrons. The predicted octanol–water partition coefficient (Wildman–Crippen LogP) is 5.41. The molecule has 1 N–H and O–H groups in total. The summed E-state index contributed by atoms with van der Waals surface area (Å²) >= 11 is 6.10. The van der Waals surface area contributed by atoms with Gasteiger partial charge in [0, 0.05) is 5.02 Å². The van der Waals surface area contributed by atoms with E-state index in [2.05, 4.69) is 4.85 Å². The van der Waals surface area contributed by atoms with Crippen LogP contribution < -0.4 is 0 Å². The fourth-order valence-electron chi connectivity index (χ4n) is 2.49. The Morgan fingerprint density at radius 1 is 1.05 bits per heavy atom. The molecule has 22 heavy (non-hydrogen) atoms. The number of hydrogen-bond donors (Lipinski definition) is 1. The Labute approximate surface area is 132 Å². The number of para-hydroxylation sites is 1. The quantitative estimate of drug-likeness (QED) is 0.643. The topological polar surface area (TPSA) is 41.7 Å². The zero-order chi connectivity index (χ0) is 15.7. The molecule has 0 aliphatic rings. The third-order valence-corrected chi connectivity index (χ3v) is 3.82. The lowest BCUT2D eigenvalue weighted by Gasteiger charge is -2.10. The molecule has 3 aromatic carbocycles. The van der Waals surface area contributed by atoms with Crippen molar-refractivity contribution in [2.75, 3.05) is 0 Å². The van der Waals surface area contributed by atoms with E-state index in [0.29, 0.717) is 16.3 Å². The number of fused-ring (bicyclic) bond motifs is 1. The van der Waals surface area contributed by atoms with E-state index in [-0.39, 0.29) is 5.56 Å². The highest BCUT2D eigenvalue weighted by molar-refractivity contribution is 6.34. The third kappa shape index (κ3) is 2.30. The number of halogens is 1. The first-order valence-corrected chi connectivity index (χ1v) is 6.92. The molecule has 0 amide bonds. The molecule has 0 spiro atoms. The van der Waals surface area contributed by atoms with E-state index in [1.54, 1.807) is 30.3 Å². The van der Waals surface area contributed by atoms with Crippen molar-refractivity contribution in [3.05, 3.63) is 76.6 Å². The van der Waals surface area contributed by atoms with Crippen LogP contribution >= 0.6 is 11.6 Å². The lowest BCUT2D eigenvalue weighted by atomic mass is 9.96. The minimum Gasteiger partial charge on any atom is -0.478 e. The fraction of sp³-hybridized carbons (Fsp3) is 0. The maximum absolute atomic E-state index is 11.2. The van der Waals surface area contributed by atoms with Gasteiger partial charge in [0.25, 0.3) is 0 Å².